The average Bonchev–Trinajstić information content (AvgIpc) is 2.56. The van der Waals surface area contributed by atoms with Crippen molar-refractivity contribution < 1.29 is 15.1 Å². The van der Waals surface area contributed by atoms with Gasteiger partial charge >= 0.3 is 0 Å². The molecule has 0 aliphatic heterocycles. The summed E-state index contributed by atoms with van der Waals surface area (Å²) in [6.07, 6.45) is -1.02. The van der Waals surface area contributed by atoms with Crippen molar-refractivity contribution in [1.29, 1.82) is 0 Å². The first-order valence-corrected chi connectivity index (χ1v) is 6.79. The minimum atomic E-state index is -2.91. The van der Waals surface area contributed by atoms with E-state index < -0.39 is 36.5 Å². The Labute approximate surface area is 137 Å². The van der Waals surface area contributed by atoms with E-state index in [1.807, 2.05) is 0 Å². The van der Waals surface area contributed by atoms with Gasteiger partial charge in [0, 0.05) is 16.2 Å². The number of benzene rings is 1. The Morgan fingerprint density at radius 2 is 2.26 bits per heavy atom. The average molecular weight is 314 g/mol. The molecule has 1 saturated carbocycles. The zero-order valence-corrected chi connectivity index (χ0v) is 11.9. The van der Waals surface area contributed by atoms with Gasteiger partial charge in [-0.05, 0) is 25.4 Å². The second-order valence-electron chi connectivity index (χ2n) is 5.20. The van der Waals surface area contributed by atoms with Gasteiger partial charge in [0.15, 0.2) is 11.5 Å². The summed E-state index contributed by atoms with van der Waals surface area (Å²) in [4.78, 5) is 44.2. The number of hydrogen-bond acceptors (Lipinski definition) is 5. The Morgan fingerprint density at radius 1 is 1.48 bits per heavy atom. The van der Waals surface area contributed by atoms with Gasteiger partial charge in [0.25, 0.3) is 5.56 Å². The van der Waals surface area contributed by atoms with Crippen LogP contribution in [0.25, 0.3) is 15.7 Å². The normalized spacial score (nSPS) is 24.5. The molecule has 116 valence electrons. The Morgan fingerprint density at radius 3 is 2.91 bits per heavy atom. The summed E-state index contributed by atoms with van der Waals surface area (Å²) < 4.78 is 32.2. The molecule has 1 atom stereocenters. The van der Waals surface area contributed by atoms with Gasteiger partial charge < -0.3 is 5.73 Å². The fraction of sp³-hybridized carbons (Fsp3) is 0.312. The summed E-state index contributed by atoms with van der Waals surface area (Å²) in [6.45, 7) is 4.15. The molecular formula is C16H14N4O3. The fourth-order valence-corrected chi connectivity index (χ4v) is 2.64. The number of anilines is 1. The molecular weight excluding hydrogens is 296 g/mol. The molecule has 0 radical (unpaired) electrons. The van der Waals surface area contributed by atoms with Gasteiger partial charge in [-0.15, -0.1) is 0 Å². The first kappa shape index (κ1) is 10.7. The molecule has 23 heavy (non-hydrogen) atoms. The van der Waals surface area contributed by atoms with Crippen molar-refractivity contribution >= 4 is 33.8 Å². The molecule has 1 heterocycles. The molecule has 7 nitrogen and oxygen atoms in total. The van der Waals surface area contributed by atoms with Gasteiger partial charge in [-0.3, -0.25) is 19.0 Å². The highest BCUT2D eigenvalue weighted by molar-refractivity contribution is 6.03. The number of aryl methyl sites for hydroxylation is 1. The lowest BCUT2D eigenvalue weighted by molar-refractivity contribution is -0.132. The SMILES string of the molecule is [2H]C([2H])([2H])c1nc2cc([N+]#[C-])cc(N)c2c(=O)n1[C@@]1([2H])CCC(=O)CC1=O. The van der Waals surface area contributed by atoms with E-state index in [1.54, 1.807) is 0 Å². The van der Waals surface area contributed by atoms with E-state index in [0.29, 0.717) is 4.57 Å². The molecule has 1 aromatic carbocycles. The lowest BCUT2D eigenvalue weighted by Crippen LogP contribution is -2.36. The quantitative estimate of drug-likeness (QED) is 0.490. The maximum absolute atomic E-state index is 13.1. The Bertz CT molecular complexity index is 1100. The summed E-state index contributed by atoms with van der Waals surface area (Å²) in [5.74, 6) is -2.00. The van der Waals surface area contributed by atoms with Crippen LogP contribution in [0.5, 0.6) is 0 Å². The highest BCUT2D eigenvalue weighted by Gasteiger charge is 2.30. The summed E-state index contributed by atoms with van der Waals surface area (Å²) in [5.41, 5.74) is 4.76. The molecule has 1 aliphatic carbocycles. The predicted octanol–water partition coefficient (Wildman–Crippen LogP) is 1.70. The van der Waals surface area contributed by atoms with E-state index in [-0.39, 0.29) is 40.9 Å². The number of ketones is 2. The Balaban J connectivity index is 2.45. The molecule has 0 saturated heterocycles. The molecule has 0 spiro atoms. The number of carbonyl (C=O) groups excluding carboxylic acids is 2. The van der Waals surface area contributed by atoms with E-state index in [1.165, 1.54) is 12.1 Å². The minimum Gasteiger partial charge on any atom is -0.399 e. The van der Waals surface area contributed by atoms with Crippen molar-refractivity contribution in [3.05, 3.63) is 39.7 Å². The van der Waals surface area contributed by atoms with Crippen LogP contribution in [0.1, 0.15) is 36.6 Å². The lowest BCUT2D eigenvalue weighted by Gasteiger charge is -2.24. The number of Topliss-reactive ketones (excluding diaryl/α,β-unsaturated/α-hetero) is 2. The molecule has 0 amide bonds. The van der Waals surface area contributed by atoms with Crippen LogP contribution in [0.3, 0.4) is 0 Å². The molecule has 1 aromatic heterocycles. The molecule has 7 heteroatoms. The number of fused-ring (bicyclic) bond motifs is 1. The highest BCUT2D eigenvalue weighted by Crippen LogP contribution is 2.27. The number of hydrogen-bond donors (Lipinski definition) is 1. The van der Waals surface area contributed by atoms with Crippen LogP contribution in [0.15, 0.2) is 16.9 Å². The predicted molar refractivity (Wildman–Crippen MR) is 84.3 cm³/mol. The molecule has 2 N–H and O–H groups in total. The summed E-state index contributed by atoms with van der Waals surface area (Å²) in [6, 6.07) is 0.198. The molecule has 1 fully saturated rings. The van der Waals surface area contributed by atoms with Crippen molar-refractivity contribution in [3.63, 3.8) is 0 Å². The van der Waals surface area contributed by atoms with Crippen molar-refractivity contribution in [1.82, 2.24) is 9.55 Å². The van der Waals surface area contributed by atoms with Gasteiger partial charge in [0.1, 0.15) is 11.6 Å². The third-order valence-electron chi connectivity index (χ3n) is 3.71. The number of carbonyl (C=O) groups is 2. The van der Waals surface area contributed by atoms with Crippen molar-refractivity contribution in [2.24, 2.45) is 0 Å². The van der Waals surface area contributed by atoms with Gasteiger partial charge in [-0.2, -0.15) is 0 Å². The van der Waals surface area contributed by atoms with E-state index in [9.17, 15) is 14.4 Å². The van der Waals surface area contributed by atoms with E-state index in [2.05, 4.69) is 9.83 Å². The van der Waals surface area contributed by atoms with Gasteiger partial charge in [-0.1, -0.05) is 0 Å². The molecule has 1 aliphatic rings. The molecule has 3 rings (SSSR count). The van der Waals surface area contributed by atoms with Crippen LogP contribution < -0.4 is 11.3 Å². The monoisotopic (exact) mass is 314 g/mol. The van der Waals surface area contributed by atoms with Crippen LogP contribution in [0.4, 0.5) is 11.4 Å². The second-order valence-corrected chi connectivity index (χ2v) is 5.20. The number of nitrogens with zero attached hydrogens (tertiary/aromatic N) is 3. The summed E-state index contributed by atoms with van der Waals surface area (Å²) in [5, 5.41) is -0.174. The standard InChI is InChI=1S/C16H14N4O3/c1-8-19-12-6-9(18-2)5-11(17)15(12)16(23)20(8)13-4-3-10(21)7-14(13)22/h5-6,13H,3-4,7,17H2,1H3/t13-/m0/s1/i1D3,13D. The van der Waals surface area contributed by atoms with Gasteiger partial charge in [-0.25, -0.2) is 9.83 Å². The number of aromatic nitrogens is 2. The lowest BCUT2D eigenvalue weighted by atomic mass is 9.92. The van der Waals surface area contributed by atoms with E-state index >= 15 is 0 Å². The topological polar surface area (TPSA) is 99.4 Å². The largest absolute Gasteiger partial charge is 0.399 e. The van der Waals surface area contributed by atoms with Crippen LogP contribution in [-0.2, 0) is 9.59 Å². The maximum atomic E-state index is 13.1. The highest BCUT2D eigenvalue weighted by atomic mass is 16.2. The fourth-order valence-electron chi connectivity index (χ4n) is 2.64. The zero-order chi connectivity index (χ0) is 20.1. The summed E-state index contributed by atoms with van der Waals surface area (Å²) >= 11 is 0. The third-order valence-corrected chi connectivity index (χ3v) is 3.71. The smallest absolute Gasteiger partial charge is 0.264 e. The first-order valence-electron chi connectivity index (χ1n) is 8.79. The van der Waals surface area contributed by atoms with Crippen LogP contribution >= 0.6 is 0 Å². The van der Waals surface area contributed by atoms with Crippen molar-refractivity contribution in [3.8, 4) is 0 Å². The Kier molecular flexibility index (Phi) is 2.47. The third kappa shape index (κ3) is 2.38. The van der Waals surface area contributed by atoms with Crippen molar-refractivity contribution in [2.45, 2.75) is 32.1 Å². The Hall–Kier alpha value is -3.01. The van der Waals surface area contributed by atoms with E-state index in [0.717, 1.165) is 0 Å². The number of nitrogen functional groups attached to an aromatic ring is 1. The molecule has 0 bridgehead atoms. The number of nitrogens with two attached hydrogens (primary N) is 1. The molecule has 2 aromatic rings. The summed E-state index contributed by atoms with van der Waals surface area (Å²) in [7, 11) is 0. The maximum Gasteiger partial charge on any atom is 0.264 e. The van der Waals surface area contributed by atoms with Crippen LogP contribution in [-0.4, -0.2) is 21.1 Å². The van der Waals surface area contributed by atoms with Crippen molar-refractivity contribution in [2.75, 3.05) is 5.73 Å². The zero-order valence-electron chi connectivity index (χ0n) is 15.9. The van der Waals surface area contributed by atoms with Gasteiger partial charge in [0.05, 0.1) is 31.3 Å². The second kappa shape index (κ2) is 5.32. The molecule has 0 unspecified atom stereocenters. The van der Waals surface area contributed by atoms with Gasteiger partial charge in [0.2, 0.25) is 0 Å². The van der Waals surface area contributed by atoms with Crippen LogP contribution in [0.2, 0.25) is 0 Å². The van der Waals surface area contributed by atoms with Crippen LogP contribution in [0, 0.1) is 13.4 Å². The minimum absolute atomic E-state index is 0.0704. The van der Waals surface area contributed by atoms with E-state index in [4.69, 9.17) is 17.8 Å². The first-order chi connectivity index (χ1) is 12.5. The number of rotatable bonds is 1.